The van der Waals surface area contributed by atoms with Gasteiger partial charge in [0.1, 0.15) is 0 Å². The molecule has 1 unspecified atom stereocenters. The molecule has 1 N–H and O–H groups in total. The molecule has 18 heavy (non-hydrogen) atoms. The van der Waals surface area contributed by atoms with Crippen LogP contribution < -0.4 is 5.32 Å². The van der Waals surface area contributed by atoms with Crippen LogP contribution in [0.3, 0.4) is 0 Å². The molecule has 0 aromatic heterocycles. The maximum Gasteiger partial charge on any atom is 0.0766 e. The van der Waals surface area contributed by atoms with E-state index in [9.17, 15) is 0 Å². The molecule has 1 atom stereocenters. The molecule has 3 nitrogen and oxygen atoms in total. The first-order valence-corrected chi connectivity index (χ1v) is 6.35. The minimum Gasteiger partial charge on any atom is -0.380 e. The van der Waals surface area contributed by atoms with Crippen molar-refractivity contribution in [1.82, 2.24) is 0 Å². The van der Waals surface area contributed by atoms with Crippen molar-refractivity contribution in [2.24, 2.45) is 0 Å². The van der Waals surface area contributed by atoms with Crippen LogP contribution in [0.5, 0.6) is 0 Å². The van der Waals surface area contributed by atoms with E-state index < -0.39 is 5.41 Å². The SMILES string of the molecule is CCOCC(C)Nc1ccc(C(C)(C)C#N)cc1. The van der Waals surface area contributed by atoms with Gasteiger partial charge in [-0.05, 0) is 45.4 Å². The van der Waals surface area contributed by atoms with E-state index in [4.69, 9.17) is 10.00 Å². The van der Waals surface area contributed by atoms with Gasteiger partial charge in [0.05, 0.1) is 18.1 Å². The minimum absolute atomic E-state index is 0.278. The zero-order chi connectivity index (χ0) is 13.6. The fourth-order valence-electron chi connectivity index (χ4n) is 1.67. The van der Waals surface area contributed by atoms with E-state index in [0.29, 0.717) is 6.61 Å². The Morgan fingerprint density at radius 1 is 1.33 bits per heavy atom. The lowest BCUT2D eigenvalue weighted by Gasteiger charge is -2.18. The van der Waals surface area contributed by atoms with E-state index in [0.717, 1.165) is 17.9 Å². The molecule has 0 bridgehead atoms. The van der Waals surface area contributed by atoms with Gasteiger partial charge in [0.25, 0.3) is 0 Å². The number of hydrogen-bond donors (Lipinski definition) is 1. The van der Waals surface area contributed by atoms with Crippen molar-refractivity contribution in [1.29, 1.82) is 5.26 Å². The highest BCUT2D eigenvalue weighted by molar-refractivity contribution is 5.47. The zero-order valence-corrected chi connectivity index (χ0v) is 11.7. The van der Waals surface area contributed by atoms with Gasteiger partial charge in [-0.15, -0.1) is 0 Å². The van der Waals surface area contributed by atoms with Crippen LogP contribution in [0.2, 0.25) is 0 Å². The van der Waals surface area contributed by atoms with Crippen LogP contribution in [0.25, 0.3) is 0 Å². The van der Waals surface area contributed by atoms with E-state index in [1.807, 2.05) is 45.0 Å². The topological polar surface area (TPSA) is 45.0 Å². The van der Waals surface area contributed by atoms with Crippen molar-refractivity contribution in [3.8, 4) is 6.07 Å². The molecule has 1 rings (SSSR count). The van der Waals surface area contributed by atoms with Crippen molar-refractivity contribution < 1.29 is 4.74 Å². The number of benzene rings is 1. The Kier molecular flexibility index (Phi) is 5.18. The van der Waals surface area contributed by atoms with Crippen LogP contribution in [0.4, 0.5) is 5.69 Å². The Labute approximate surface area is 110 Å². The zero-order valence-electron chi connectivity index (χ0n) is 11.7. The van der Waals surface area contributed by atoms with Crippen LogP contribution in [0.1, 0.15) is 33.3 Å². The summed E-state index contributed by atoms with van der Waals surface area (Å²) in [6, 6.07) is 10.6. The molecule has 0 aliphatic heterocycles. The molecule has 0 aliphatic carbocycles. The van der Waals surface area contributed by atoms with Gasteiger partial charge in [0.15, 0.2) is 0 Å². The first-order chi connectivity index (χ1) is 8.49. The highest BCUT2D eigenvalue weighted by atomic mass is 16.5. The van der Waals surface area contributed by atoms with Gasteiger partial charge >= 0.3 is 0 Å². The number of nitrogens with zero attached hydrogens (tertiary/aromatic N) is 1. The maximum atomic E-state index is 9.08. The smallest absolute Gasteiger partial charge is 0.0766 e. The molecule has 1 aromatic carbocycles. The Morgan fingerprint density at radius 2 is 1.94 bits per heavy atom. The lowest BCUT2D eigenvalue weighted by atomic mass is 9.86. The summed E-state index contributed by atoms with van der Waals surface area (Å²) >= 11 is 0. The highest BCUT2D eigenvalue weighted by Gasteiger charge is 2.19. The first-order valence-electron chi connectivity index (χ1n) is 6.35. The summed E-state index contributed by atoms with van der Waals surface area (Å²) in [6.45, 7) is 9.36. The Morgan fingerprint density at radius 3 is 2.44 bits per heavy atom. The molecule has 1 aromatic rings. The molecule has 0 radical (unpaired) electrons. The number of nitrogens with one attached hydrogen (secondary N) is 1. The second-order valence-electron chi connectivity index (χ2n) is 5.02. The second kappa shape index (κ2) is 6.42. The standard InChI is InChI=1S/C15H22N2O/c1-5-18-10-12(2)17-14-8-6-13(7-9-14)15(3,4)11-16/h6-9,12,17H,5,10H2,1-4H3. The molecule has 0 saturated heterocycles. The lowest BCUT2D eigenvalue weighted by Crippen LogP contribution is -2.21. The van der Waals surface area contributed by atoms with Crippen molar-refractivity contribution in [2.75, 3.05) is 18.5 Å². The number of ether oxygens (including phenoxy) is 1. The van der Waals surface area contributed by atoms with E-state index in [1.165, 1.54) is 0 Å². The van der Waals surface area contributed by atoms with E-state index in [2.05, 4.69) is 18.3 Å². The average molecular weight is 246 g/mol. The van der Waals surface area contributed by atoms with Gasteiger partial charge in [0, 0.05) is 18.3 Å². The number of hydrogen-bond acceptors (Lipinski definition) is 3. The van der Waals surface area contributed by atoms with Crippen LogP contribution >= 0.6 is 0 Å². The summed E-state index contributed by atoms with van der Waals surface area (Å²) < 4.78 is 5.36. The van der Waals surface area contributed by atoms with E-state index in [-0.39, 0.29) is 6.04 Å². The molecular weight excluding hydrogens is 224 g/mol. The molecule has 98 valence electrons. The molecule has 0 saturated carbocycles. The van der Waals surface area contributed by atoms with Crippen LogP contribution in [0, 0.1) is 11.3 Å². The summed E-state index contributed by atoms with van der Waals surface area (Å²) in [5.41, 5.74) is 1.66. The van der Waals surface area contributed by atoms with Gasteiger partial charge in [-0.25, -0.2) is 0 Å². The monoisotopic (exact) mass is 246 g/mol. The third-order valence-corrected chi connectivity index (χ3v) is 2.87. The van der Waals surface area contributed by atoms with Gasteiger partial charge in [-0.3, -0.25) is 0 Å². The fourth-order valence-corrected chi connectivity index (χ4v) is 1.67. The van der Waals surface area contributed by atoms with Crippen LogP contribution in [-0.2, 0) is 10.2 Å². The Hall–Kier alpha value is -1.53. The summed E-state index contributed by atoms with van der Waals surface area (Å²) in [5.74, 6) is 0. The summed E-state index contributed by atoms with van der Waals surface area (Å²) in [5, 5.41) is 12.4. The summed E-state index contributed by atoms with van der Waals surface area (Å²) in [4.78, 5) is 0. The predicted octanol–water partition coefficient (Wildman–Crippen LogP) is 3.32. The second-order valence-corrected chi connectivity index (χ2v) is 5.02. The van der Waals surface area contributed by atoms with Crippen molar-refractivity contribution in [2.45, 2.75) is 39.2 Å². The minimum atomic E-state index is -0.435. The summed E-state index contributed by atoms with van der Waals surface area (Å²) in [6.07, 6.45) is 0. The molecule has 0 heterocycles. The number of anilines is 1. The first kappa shape index (κ1) is 14.5. The molecule has 0 amide bonds. The highest BCUT2D eigenvalue weighted by Crippen LogP contribution is 2.23. The summed E-state index contributed by atoms with van der Waals surface area (Å²) in [7, 11) is 0. The Bertz CT molecular complexity index is 403. The number of nitriles is 1. The van der Waals surface area contributed by atoms with Gasteiger partial charge in [-0.2, -0.15) is 5.26 Å². The lowest BCUT2D eigenvalue weighted by molar-refractivity contribution is 0.141. The van der Waals surface area contributed by atoms with Gasteiger partial charge in [0.2, 0.25) is 0 Å². The van der Waals surface area contributed by atoms with Gasteiger partial charge < -0.3 is 10.1 Å². The third-order valence-electron chi connectivity index (χ3n) is 2.87. The Balaban J connectivity index is 2.64. The normalized spacial score (nSPS) is 12.8. The predicted molar refractivity (Wildman–Crippen MR) is 74.7 cm³/mol. The molecule has 3 heteroatoms. The number of rotatable bonds is 6. The largest absolute Gasteiger partial charge is 0.380 e. The van der Waals surface area contributed by atoms with Crippen LogP contribution in [0.15, 0.2) is 24.3 Å². The van der Waals surface area contributed by atoms with E-state index >= 15 is 0 Å². The molecule has 0 spiro atoms. The molecule has 0 aliphatic rings. The molecule has 0 fully saturated rings. The van der Waals surface area contributed by atoms with Crippen molar-refractivity contribution in [3.63, 3.8) is 0 Å². The van der Waals surface area contributed by atoms with Gasteiger partial charge in [-0.1, -0.05) is 12.1 Å². The van der Waals surface area contributed by atoms with Crippen LogP contribution in [-0.4, -0.2) is 19.3 Å². The maximum absolute atomic E-state index is 9.08. The van der Waals surface area contributed by atoms with Crippen molar-refractivity contribution >= 4 is 5.69 Å². The van der Waals surface area contributed by atoms with E-state index in [1.54, 1.807) is 0 Å². The fraction of sp³-hybridized carbons (Fsp3) is 0.533. The molecular formula is C15H22N2O. The third kappa shape index (κ3) is 4.05. The average Bonchev–Trinajstić information content (AvgIpc) is 2.37. The van der Waals surface area contributed by atoms with Crippen molar-refractivity contribution in [3.05, 3.63) is 29.8 Å². The quantitative estimate of drug-likeness (QED) is 0.837.